The second-order valence-corrected chi connectivity index (χ2v) is 8.07. The fourth-order valence-corrected chi connectivity index (χ4v) is 4.91. The van der Waals surface area contributed by atoms with Crippen molar-refractivity contribution in [1.82, 2.24) is 4.90 Å². The number of rotatable bonds is 2. The van der Waals surface area contributed by atoms with E-state index in [0.717, 1.165) is 24.0 Å². The monoisotopic (exact) mass is 285 g/mol. The van der Waals surface area contributed by atoms with Crippen LogP contribution in [0.4, 0.5) is 0 Å². The van der Waals surface area contributed by atoms with Crippen LogP contribution in [0, 0.1) is 11.8 Å². The van der Waals surface area contributed by atoms with E-state index in [1.54, 1.807) is 0 Å². The van der Waals surface area contributed by atoms with E-state index in [2.05, 4.69) is 18.7 Å². The lowest BCUT2D eigenvalue weighted by atomic mass is 9.88. The molecular weight excluding hydrogens is 256 g/mol. The molecule has 3 fully saturated rings. The predicted octanol–water partition coefficient (Wildman–Crippen LogP) is 2.13. The maximum atomic E-state index is 6.24. The zero-order valence-electron chi connectivity index (χ0n) is 12.6. The normalized spacial score (nSPS) is 48.2. The number of nitrogens with zero attached hydrogens (tertiary/aromatic N) is 1. The molecule has 1 saturated carbocycles. The molecule has 0 spiro atoms. The Kier molecular flexibility index (Phi) is 4.40. The van der Waals surface area contributed by atoms with Gasteiger partial charge in [-0.1, -0.05) is 6.92 Å². The maximum absolute atomic E-state index is 6.24. The summed E-state index contributed by atoms with van der Waals surface area (Å²) in [5.41, 5.74) is 0. The van der Waals surface area contributed by atoms with Gasteiger partial charge in [0.15, 0.2) is 0 Å². The molecule has 2 heterocycles. The average molecular weight is 286 g/mol. The van der Waals surface area contributed by atoms with Crippen LogP contribution in [0.1, 0.15) is 52.4 Å². The molecule has 4 unspecified atom stereocenters. The molecule has 0 radical (unpaired) electrons. The third kappa shape index (κ3) is 3.11. The minimum absolute atomic E-state index is 0.467. The molecule has 2 aliphatic heterocycles. The summed E-state index contributed by atoms with van der Waals surface area (Å²) in [6.45, 7) is 8.95. The van der Waals surface area contributed by atoms with Gasteiger partial charge in [0.05, 0.1) is 19.1 Å². The first-order chi connectivity index (χ1) is 9.13. The first-order valence-electron chi connectivity index (χ1n) is 8.37. The number of nitrogens with one attached hydrogen (secondary N) is 1. The highest BCUT2D eigenvalue weighted by molar-refractivity contribution is 6.20. The number of hydrogen-bond acceptors (Lipinski definition) is 1. The second kappa shape index (κ2) is 5.91. The summed E-state index contributed by atoms with van der Waals surface area (Å²) in [7, 11) is 0. The predicted molar refractivity (Wildman–Crippen MR) is 80.6 cm³/mol. The molecule has 4 atom stereocenters. The Hall–Kier alpha value is 0.210. The van der Waals surface area contributed by atoms with Crippen LogP contribution in [0.2, 0.25) is 0 Å². The Balaban J connectivity index is 1.58. The van der Waals surface area contributed by atoms with Gasteiger partial charge >= 0.3 is 0 Å². The van der Waals surface area contributed by atoms with E-state index < -0.39 is 0 Å². The van der Waals surface area contributed by atoms with Gasteiger partial charge in [-0.25, -0.2) is 4.90 Å². The molecule has 3 aliphatic rings. The van der Waals surface area contributed by atoms with Crippen molar-refractivity contribution in [1.29, 1.82) is 0 Å². The zero-order chi connectivity index (χ0) is 13.4. The fourth-order valence-electron chi connectivity index (χ4n) is 4.66. The summed E-state index contributed by atoms with van der Waals surface area (Å²) in [6, 6.07) is 0.837. The van der Waals surface area contributed by atoms with Crippen molar-refractivity contribution in [2.24, 2.45) is 11.8 Å². The van der Waals surface area contributed by atoms with Crippen LogP contribution in [-0.2, 0) is 0 Å². The molecule has 1 aliphatic carbocycles. The van der Waals surface area contributed by atoms with Crippen LogP contribution in [0.25, 0.3) is 0 Å². The van der Waals surface area contributed by atoms with Crippen LogP contribution in [-0.4, -0.2) is 42.1 Å². The van der Waals surface area contributed by atoms with Crippen molar-refractivity contribution in [2.45, 2.75) is 70.0 Å². The number of fused-ring (bicyclic) bond motifs is 1. The van der Waals surface area contributed by atoms with Crippen molar-refractivity contribution in [3.05, 3.63) is 0 Å². The Labute approximate surface area is 123 Å². The molecule has 19 heavy (non-hydrogen) atoms. The van der Waals surface area contributed by atoms with E-state index in [9.17, 15) is 0 Å². The summed E-state index contributed by atoms with van der Waals surface area (Å²) in [6.07, 6.45) is 8.93. The summed E-state index contributed by atoms with van der Waals surface area (Å²) in [5, 5.41) is 0.467. The molecule has 110 valence electrons. The quantitative estimate of drug-likeness (QED) is 0.764. The van der Waals surface area contributed by atoms with Crippen LogP contribution in [0.15, 0.2) is 0 Å². The van der Waals surface area contributed by atoms with Crippen molar-refractivity contribution < 1.29 is 4.90 Å². The maximum Gasteiger partial charge on any atom is 0.144 e. The third-order valence-electron chi connectivity index (χ3n) is 5.79. The van der Waals surface area contributed by atoms with Gasteiger partial charge in [0, 0.05) is 24.3 Å². The molecule has 0 aromatic heterocycles. The summed E-state index contributed by atoms with van der Waals surface area (Å²) >= 11 is 6.24. The van der Waals surface area contributed by atoms with Gasteiger partial charge in [-0.15, -0.1) is 11.6 Å². The van der Waals surface area contributed by atoms with Crippen molar-refractivity contribution in [2.75, 3.05) is 19.6 Å². The van der Waals surface area contributed by atoms with Gasteiger partial charge in [-0.3, -0.25) is 0 Å². The summed E-state index contributed by atoms with van der Waals surface area (Å²) in [4.78, 5) is 4.67. The molecule has 0 amide bonds. The standard InChI is InChI=1S/C16H29ClN2/c1-12-3-8-16-18(9-12)10-13(2)19(16)11-14-4-6-15(17)7-5-14/h12-16H,3-11H2,1-2H3/p+1. The minimum atomic E-state index is 0.467. The zero-order valence-corrected chi connectivity index (χ0v) is 13.3. The van der Waals surface area contributed by atoms with Gasteiger partial charge in [-0.2, -0.15) is 0 Å². The lowest BCUT2D eigenvalue weighted by Crippen LogP contribution is -3.18. The largest absolute Gasteiger partial charge is 0.316 e. The van der Waals surface area contributed by atoms with Gasteiger partial charge in [0.25, 0.3) is 0 Å². The van der Waals surface area contributed by atoms with E-state index in [-0.39, 0.29) is 0 Å². The van der Waals surface area contributed by atoms with Gasteiger partial charge in [-0.05, 0) is 44.9 Å². The highest BCUT2D eigenvalue weighted by Crippen LogP contribution is 2.28. The number of piperidine rings is 1. The van der Waals surface area contributed by atoms with Crippen LogP contribution >= 0.6 is 11.6 Å². The SMILES string of the molecule is CC1CCC2N(C1)CC(C)[NH+]2CC1CCC(Cl)CC1. The first kappa shape index (κ1) is 14.2. The number of quaternary nitrogens is 1. The Morgan fingerprint density at radius 3 is 2.47 bits per heavy atom. The molecule has 0 bridgehead atoms. The number of hydrogen-bond donors (Lipinski definition) is 1. The average Bonchev–Trinajstić information content (AvgIpc) is 2.68. The fraction of sp³-hybridized carbons (Fsp3) is 1.00. The van der Waals surface area contributed by atoms with E-state index in [4.69, 9.17) is 11.6 Å². The van der Waals surface area contributed by atoms with Crippen LogP contribution < -0.4 is 4.90 Å². The van der Waals surface area contributed by atoms with E-state index in [1.165, 1.54) is 58.2 Å². The van der Waals surface area contributed by atoms with Crippen LogP contribution in [0.3, 0.4) is 0 Å². The summed E-state index contributed by atoms with van der Waals surface area (Å²) in [5.74, 6) is 1.85. The molecule has 1 N–H and O–H groups in total. The first-order valence-corrected chi connectivity index (χ1v) is 8.81. The molecule has 2 nitrogen and oxygen atoms in total. The molecule has 2 saturated heterocycles. The summed E-state index contributed by atoms with van der Waals surface area (Å²) < 4.78 is 0. The van der Waals surface area contributed by atoms with Crippen molar-refractivity contribution >= 4 is 11.6 Å². The Morgan fingerprint density at radius 1 is 1.00 bits per heavy atom. The molecule has 0 aromatic rings. The van der Waals surface area contributed by atoms with Crippen molar-refractivity contribution in [3.63, 3.8) is 0 Å². The Bertz CT molecular complexity index is 301. The lowest BCUT2D eigenvalue weighted by Gasteiger charge is -2.36. The van der Waals surface area contributed by atoms with Gasteiger partial charge in [0.2, 0.25) is 0 Å². The molecular formula is C16H30ClN2+. The minimum Gasteiger partial charge on any atom is -0.316 e. The van der Waals surface area contributed by atoms with Gasteiger partial charge < -0.3 is 4.90 Å². The number of alkyl halides is 1. The van der Waals surface area contributed by atoms with Gasteiger partial charge in [0.1, 0.15) is 6.17 Å². The topological polar surface area (TPSA) is 7.68 Å². The van der Waals surface area contributed by atoms with Crippen molar-refractivity contribution in [3.8, 4) is 0 Å². The third-order valence-corrected chi connectivity index (χ3v) is 6.23. The molecule has 3 heteroatoms. The van der Waals surface area contributed by atoms with E-state index in [1.807, 2.05) is 4.90 Å². The lowest BCUT2D eigenvalue weighted by molar-refractivity contribution is -0.943. The smallest absolute Gasteiger partial charge is 0.144 e. The second-order valence-electron chi connectivity index (χ2n) is 7.45. The number of halogens is 1. The highest BCUT2D eigenvalue weighted by atomic mass is 35.5. The van der Waals surface area contributed by atoms with Crippen LogP contribution in [0.5, 0.6) is 0 Å². The van der Waals surface area contributed by atoms with E-state index >= 15 is 0 Å². The molecule has 3 rings (SSSR count). The highest BCUT2D eigenvalue weighted by Gasteiger charge is 2.44. The molecule has 0 aromatic carbocycles. The van der Waals surface area contributed by atoms with E-state index in [0.29, 0.717) is 5.38 Å². The Morgan fingerprint density at radius 2 is 1.74 bits per heavy atom.